The van der Waals surface area contributed by atoms with Gasteiger partial charge in [-0.1, -0.05) is 18.3 Å². The molecule has 1 heterocycles. The number of nitrogens with zero attached hydrogens (tertiary/aromatic N) is 1. The van der Waals surface area contributed by atoms with Crippen molar-refractivity contribution in [3.8, 4) is 17.6 Å². The van der Waals surface area contributed by atoms with E-state index in [1.54, 1.807) is 0 Å². The van der Waals surface area contributed by atoms with Crippen molar-refractivity contribution in [2.45, 2.75) is 38.6 Å². The van der Waals surface area contributed by atoms with Crippen LogP contribution in [0.3, 0.4) is 0 Å². The van der Waals surface area contributed by atoms with Crippen molar-refractivity contribution in [1.82, 2.24) is 4.90 Å². The number of ether oxygens (including phenoxy) is 1. The van der Waals surface area contributed by atoms with E-state index in [0.29, 0.717) is 12.6 Å². The molecule has 1 aliphatic rings. The first-order chi connectivity index (χ1) is 10.2. The van der Waals surface area contributed by atoms with Crippen LogP contribution in [0.2, 0.25) is 0 Å². The maximum absolute atomic E-state index is 5.90. The summed E-state index contributed by atoms with van der Waals surface area (Å²) in [6.45, 7) is 4.45. The summed E-state index contributed by atoms with van der Waals surface area (Å²) < 4.78 is 5.90. The number of aryl methyl sites for hydroxylation is 1. The average Bonchev–Trinajstić information content (AvgIpc) is 2.48. The number of piperidine rings is 1. The zero-order valence-corrected chi connectivity index (χ0v) is 13.2. The average molecular weight is 286 g/mol. The highest BCUT2D eigenvalue weighted by Crippen LogP contribution is 2.20. The molecule has 2 rings (SSSR count). The summed E-state index contributed by atoms with van der Waals surface area (Å²) in [6, 6.07) is 6.75. The van der Waals surface area contributed by atoms with Gasteiger partial charge in [-0.15, -0.1) is 0 Å². The molecule has 0 aliphatic carbocycles. The number of hydrogen-bond acceptors (Lipinski definition) is 3. The topological polar surface area (TPSA) is 38.5 Å². The number of nitrogens with two attached hydrogens (primary N) is 1. The highest BCUT2D eigenvalue weighted by atomic mass is 16.5. The van der Waals surface area contributed by atoms with E-state index in [-0.39, 0.29) is 0 Å². The highest BCUT2D eigenvalue weighted by Gasteiger charge is 2.18. The van der Waals surface area contributed by atoms with Crippen LogP contribution in [-0.2, 0) is 0 Å². The van der Waals surface area contributed by atoms with Crippen LogP contribution < -0.4 is 10.5 Å². The molecule has 0 amide bonds. The Labute approximate surface area is 128 Å². The van der Waals surface area contributed by atoms with Crippen molar-refractivity contribution in [2.75, 3.05) is 26.7 Å². The summed E-state index contributed by atoms with van der Waals surface area (Å²) in [6.07, 6.45) is 5.08. The van der Waals surface area contributed by atoms with E-state index in [1.165, 1.54) is 25.8 Å². The molecule has 1 aromatic rings. The van der Waals surface area contributed by atoms with Gasteiger partial charge >= 0.3 is 0 Å². The molecule has 1 saturated heterocycles. The Hall–Kier alpha value is -1.50. The van der Waals surface area contributed by atoms with Crippen LogP contribution in [-0.4, -0.2) is 37.7 Å². The molecule has 1 aliphatic heterocycles. The summed E-state index contributed by atoms with van der Waals surface area (Å²) in [5, 5.41) is 0. The molecule has 0 bridgehead atoms. The second-order valence-electron chi connectivity index (χ2n) is 5.75. The van der Waals surface area contributed by atoms with Crippen molar-refractivity contribution >= 4 is 0 Å². The molecule has 0 spiro atoms. The van der Waals surface area contributed by atoms with Crippen LogP contribution in [0.4, 0.5) is 0 Å². The minimum Gasteiger partial charge on any atom is -0.494 e. The molecule has 1 unspecified atom stereocenters. The first-order valence-electron chi connectivity index (χ1n) is 7.83. The van der Waals surface area contributed by atoms with E-state index in [9.17, 15) is 0 Å². The van der Waals surface area contributed by atoms with Gasteiger partial charge < -0.3 is 15.4 Å². The zero-order chi connectivity index (χ0) is 15.1. The van der Waals surface area contributed by atoms with Gasteiger partial charge in [0.15, 0.2) is 0 Å². The summed E-state index contributed by atoms with van der Waals surface area (Å²) in [4.78, 5) is 2.46. The fourth-order valence-electron chi connectivity index (χ4n) is 2.83. The van der Waals surface area contributed by atoms with Gasteiger partial charge in [0.1, 0.15) is 5.75 Å². The summed E-state index contributed by atoms with van der Waals surface area (Å²) >= 11 is 0. The Morgan fingerprint density at radius 2 is 2.24 bits per heavy atom. The fourth-order valence-corrected chi connectivity index (χ4v) is 2.83. The lowest BCUT2D eigenvalue weighted by molar-refractivity contribution is 0.153. The third-order valence-corrected chi connectivity index (χ3v) is 4.16. The highest BCUT2D eigenvalue weighted by molar-refractivity contribution is 5.44. The van der Waals surface area contributed by atoms with Gasteiger partial charge in [-0.3, -0.25) is 0 Å². The Morgan fingerprint density at radius 1 is 1.38 bits per heavy atom. The van der Waals surface area contributed by atoms with Crippen molar-refractivity contribution in [3.05, 3.63) is 29.3 Å². The van der Waals surface area contributed by atoms with Crippen LogP contribution in [0.15, 0.2) is 18.2 Å². The third-order valence-electron chi connectivity index (χ3n) is 4.16. The van der Waals surface area contributed by atoms with E-state index in [4.69, 9.17) is 10.5 Å². The van der Waals surface area contributed by atoms with Crippen molar-refractivity contribution in [2.24, 2.45) is 5.73 Å². The van der Waals surface area contributed by atoms with E-state index in [1.807, 2.05) is 12.1 Å². The Morgan fingerprint density at radius 3 is 2.95 bits per heavy atom. The number of benzene rings is 1. The van der Waals surface area contributed by atoms with E-state index < -0.39 is 0 Å². The van der Waals surface area contributed by atoms with Crippen molar-refractivity contribution in [3.63, 3.8) is 0 Å². The minimum atomic E-state index is 0.395. The number of hydrogen-bond donors (Lipinski definition) is 1. The summed E-state index contributed by atoms with van der Waals surface area (Å²) in [5.74, 6) is 6.90. The van der Waals surface area contributed by atoms with Crippen LogP contribution in [0.25, 0.3) is 0 Å². The summed E-state index contributed by atoms with van der Waals surface area (Å²) in [5.41, 5.74) is 7.57. The van der Waals surface area contributed by atoms with Gasteiger partial charge in [0.2, 0.25) is 0 Å². The molecule has 0 aromatic heterocycles. The minimum absolute atomic E-state index is 0.395. The Balaban J connectivity index is 1.84. The second-order valence-corrected chi connectivity index (χ2v) is 5.75. The standard InChI is InChI=1S/C18H26N2O/c1-15-14-18(9-8-16(15)6-5-11-19)21-13-10-17-7-3-4-12-20(17)2/h8-9,14,17H,3-4,7,10-13,19H2,1-2H3. The van der Waals surface area contributed by atoms with Crippen LogP contribution in [0.5, 0.6) is 5.75 Å². The first-order valence-corrected chi connectivity index (χ1v) is 7.83. The molecule has 1 fully saturated rings. The Kier molecular flexibility index (Phi) is 6.10. The van der Waals surface area contributed by atoms with Crippen molar-refractivity contribution < 1.29 is 4.74 Å². The van der Waals surface area contributed by atoms with E-state index >= 15 is 0 Å². The molecule has 3 nitrogen and oxygen atoms in total. The molecular formula is C18H26N2O. The van der Waals surface area contributed by atoms with Gasteiger partial charge in [0.05, 0.1) is 13.2 Å². The molecule has 21 heavy (non-hydrogen) atoms. The molecule has 3 heteroatoms. The predicted octanol–water partition coefficient (Wildman–Crippen LogP) is 2.56. The maximum atomic E-state index is 5.90. The maximum Gasteiger partial charge on any atom is 0.119 e. The normalized spacial score (nSPS) is 18.9. The second kappa shape index (κ2) is 8.07. The van der Waals surface area contributed by atoms with Crippen LogP contribution in [0.1, 0.15) is 36.8 Å². The van der Waals surface area contributed by atoms with Gasteiger partial charge in [-0.25, -0.2) is 0 Å². The molecule has 0 radical (unpaired) electrons. The van der Waals surface area contributed by atoms with Crippen LogP contribution in [0, 0.1) is 18.8 Å². The molecular weight excluding hydrogens is 260 g/mol. The molecule has 0 saturated carbocycles. The monoisotopic (exact) mass is 286 g/mol. The lowest BCUT2D eigenvalue weighted by Gasteiger charge is -2.32. The molecule has 1 aromatic carbocycles. The van der Waals surface area contributed by atoms with Gasteiger partial charge in [0, 0.05) is 11.6 Å². The lowest BCUT2D eigenvalue weighted by atomic mass is 10.0. The predicted molar refractivity (Wildman–Crippen MR) is 87.5 cm³/mol. The zero-order valence-electron chi connectivity index (χ0n) is 13.2. The Bertz CT molecular complexity index is 516. The van der Waals surface area contributed by atoms with E-state index in [2.05, 4.69) is 36.8 Å². The van der Waals surface area contributed by atoms with Crippen LogP contribution >= 0.6 is 0 Å². The van der Waals surface area contributed by atoms with Gasteiger partial charge in [-0.05, 0) is 63.5 Å². The third kappa shape index (κ3) is 4.77. The molecule has 2 N–H and O–H groups in total. The fraction of sp³-hybridized carbons (Fsp3) is 0.556. The smallest absolute Gasteiger partial charge is 0.119 e. The quantitative estimate of drug-likeness (QED) is 0.865. The van der Waals surface area contributed by atoms with Gasteiger partial charge in [-0.2, -0.15) is 0 Å². The number of likely N-dealkylation sites (tertiary alicyclic amines) is 1. The largest absolute Gasteiger partial charge is 0.494 e. The molecule has 114 valence electrons. The first kappa shape index (κ1) is 15.9. The molecule has 1 atom stereocenters. The van der Waals surface area contributed by atoms with E-state index in [0.717, 1.165) is 29.9 Å². The number of rotatable bonds is 4. The van der Waals surface area contributed by atoms with Gasteiger partial charge in [0.25, 0.3) is 0 Å². The SMILES string of the molecule is Cc1cc(OCCC2CCCCN2C)ccc1C#CCN. The van der Waals surface area contributed by atoms with Crippen molar-refractivity contribution in [1.29, 1.82) is 0 Å². The summed E-state index contributed by atoms with van der Waals surface area (Å²) in [7, 11) is 2.22. The lowest BCUT2D eigenvalue weighted by Crippen LogP contribution is -2.37.